The molecule has 9 rings (SSSR count). The molecule has 11 nitrogen and oxygen atoms in total. The van der Waals surface area contributed by atoms with Crippen molar-refractivity contribution in [3.63, 3.8) is 0 Å². The summed E-state index contributed by atoms with van der Waals surface area (Å²) in [6, 6.07) is 20.3. The monoisotopic (exact) mass is 886 g/mol. The van der Waals surface area contributed by atoms with Gasteiger partial charge in [-0.25, -0.2) is 4.39 Å². The lowest BCUT2D eigenvalue weighted by Crippen LogP contribution is -2.60. The fourth-order valence-corrected chi connectivity index (χ4v) is 10.9. The Morgan fingerprint density at radius 2 is 1.75 bits per heavy atom. The molecule has 4 aromatic carbocycles. The highest BCUT2D eigenvalue weighted by Crippen LogP contribution is 2.63. The predicted molar refractivity (Wildman–Crippen MR) is 239 cm³/mol. The van der Waals surface area contributed by atoms with Crippen LogP contribution < -0.4 is 26.6 Å². The van der Waals surface area contributed by atoms with Crippen LogP contribution in [0.15, 0.2) is 91.1 Å². The first-order valence-corrected chi connectivity index (χ1v) is 22.1. The van der Waals surface area contributed by atoms with Crippen LogP contribution in [0.2, 0.25) is 10.0 Å². The van der Waals surface area contributed by atoms with Crippen molar-refractivity contribution in [2.45, 2.75) is 93.3 Å². The minimum Gasteiger partial charge on any atom is -0.352 e. The van der Waals surface area contributed by atoms with Crippen LogP contribution in [0.5, 0.6) is 0 Å². The molecule has 63 heavy (non-hydrogen) atoms. The van der Waals surface area contributed by atoms with Crippen LogP contribution in [0, 0.1) is 17.7 Å². The van der Waals surface area contributed by atoms with Crippen molar-refractivity contribution in [1.29, 1.82) is 0 Å². The predicted octanol–water partition coefficient (Wildman–Crippen LogP) is 7.73. The molecule has 4 aliphatic heterocycles. The normalized spacial score (nSPS) is 23.2. The number of hydrogen-bond acceptors (Lipinski definition) is 6. The number of halogens is 3. The van der Waals surface area contributed by atoms with Gasteiger partial charge in [0, 0.05) is 69.8 Å². The number of anilines is 2. The zero-order valence-corrected chi connectivity index (χ0v) is 35.9. The van der Waals surface area contributed by atoms with Crippen molar-refractivity contribution < 1.29 is 28.4 Å². The van der Waals surface area contributed by atoms with E-state index in [1.807, 2.05) is 12.1 Å². The number of allylic oxidation sites excluding steroid dienone is 1. The lowest BCUT2D eigenvalue weighted by Gasteiger charge is -2.47. The molecule has 5 N–H and O–H groups in total. The molecule has 3 fully saturated rings. The number of piperidine rings is 1. The minimum absolute atomic E-state index is 0.106. The number of rotatable bonds is 8. The highest BCUT2D eigenvalue weighted by atomic mass is 35.5. The average Bonchev–Trinajstić information content (AvgIpc) is 3.86. The summed E-state index contributed by atoms with van der Waals surface area (Å²) >= 11 is 12.8. The fourth-order valence-electron chi connectivity index (χ4n) is 10.5. The van der Waals surface area contributed by atoms with E-state index in [9.17, 15) is 24.0 Å². The van der Waals surface area contributed by atoms with Gasteiger partial charge < -0.3 is 26.2 Å². The number of carbonyl (C=O) groups excluding carboxylic acids is 5. The van der Waals surface area contributed by atoms with E-state index in [1.165, 1.54) is 6.07 Å². The van der Waals surface area contributed by atoms with Crippen LogP contribution in [0.25, 0.3) is 0 Å². The molecule has 14 heteroatoms. The molecule has 322 valence electrons. The molecule has 2 spiro atoms. The second kappa shape index (κ2) is 16.9. The van der Waals surface area contributed by atoms with Crippen molar-refractivity contribution in [2.24, 2.45) is 0 Å². The molecule has 4 aromatic rings. The van der Waals surface area contributed by atoms with Crippen molar-refractivity contribution in [2.75, 3.05) is 17.2 Å². The van der Waals surface area contributed by atoms with Crippen LogP contribution in [-0.2, 0) is 26.3 Å². The third-order valence-electron chi connectivity index (χ3n) is 13.4. The molecule has 1 aliphatic carbocycles. The van der Waals surface area contributed by atoms with E-state index in [2.05, 4.69) is 45.0 Å². The molecule has 5 amide bonds. The maximum absolute atomic E-state index is 16.2. The molecule has 1 unspecified atom stereocenters. The number of hydrogen-bond donors (Lipinski definition) is 5. The topological polar surface area (TPSA) is 149 Å². The van der Waals surface area contributed by atoms with Crippen LogP contribution in [0.4, 0.5) is 15.8 Å². The van der Waals surface area contributed by atoms with Gasteiger partial charge in [0.05, 0.1) is 11.1 Å². The molecule has 0 aromatic heterocycles. The molecule has 0 radical (unpaired) electrons. The third kappa shape index (κ3) is 7.46. The summed E-state index contributed by atoms with van der Waals surface area (Å²) in [5.41, 5.74) is 2.82. The molecule has 1 saturated carbocycles. The Balaban J connectivity index is 0.845. The Bertz CT molecular complexity index is 2650. The van der Waals surface area contributed by atoms with Gasteiger partial charge >= 0.3 is 0 Å². The van der Waals surface area contributed by atoms with Crippen LogP contribution in [0.1, 0.15) is 107 Å². The van der Waals surface area contributed by atoms with Crippen molar-refractivity contribution >= 4 is 64.1 Å². The minimum atomic E-state index is -1.35. The Hall–Kier alpha value is -6.00. The van der Waals surface area contributed by atoms with E-state index in [1.54, 1.807) is 65.6 Å². The van der Waals surface area contributed by atoms with E-state index < -0.39 is 40.7 Å². The molecule has 4 heterocycles. The number of carbonyl (C=O) groups is 5. The maximum atomic E-state index is 16.2. The molecular weight excluding hydrogens is 842 g/mol. The van der Waals surface area contributed by atoms with Gasteiger partial charge in [0.1, 0.15) is 17.3 Å². The highest BCUT2D eigenvalue weighted by molar-refractivity contribution is 6.31. The second-order valence-electron chi connectivity index (χ2n) is 17.0. The first kappa shape index (κ1) is 42.3. The van der Waals surface area contributed by atoms with Crippen LogP contribution >= 0.6 is 23.2 Å². The van der Waals surface area contributed by atoms with Gasteiger partial charge in [-0.05, 0) is 109 Å². The van der Waals surface area contributed by atoms with Crippen LogP contribution in [-0.4, -0.2) is 58.6 Å². The summed E-state index contributed by atoms with van der Waals surface area (Å²) in [4.78, 5) is 69.4. The zero-order chi connectivity index (χ0) is 44.0. The van der Waals surface area contributed by atoms with Crippen molar-refractivity contribution in [1.82, 2.24) is 20.9 Å². The van der Waals surface area contributed by atoms with Gasteiger partial charge in [0.25, 0.3) is 11.8 Å². The molecule has 2 saturated heterocycles. The second-order valence-corrected chi connectivity index (χ2v) is 17.9. The standard InChI is InChI=1S/C49H45Cl2FN6O5/c1-28-12-21-39(44(60)54-28)58-27-31-25-29(13-19-34(31)46(58)62)9-4-2-7-24-53-43(59)30-14-17-33(18-15-30)55-45(61)42-40(35-10-8-11-37(51)41(35)52)49(48(57-42)22-5-3-6-23-48)36-20-16-32(50)26-38(36)56-47(49)63/h8,10-11,13-20,25-26,39-40,42,57H,1-3,5-7,12,21-24,27H2,(H,53,59)(H,54,60)(H,55,61)(H,56,63)/t39?,40-,42+,49+/m0/s1. The summed E-state index contributed by atoms with van der Waals surface area (Å²) in [5.74, 6) is 3.21. The smallest absolute Gasteiger partial charge is 0.255 e. The molecule has 4 atom stereocenters. The van der Waals surface area contributed by atoms with Crippen molar-refractivity contribution in [3.05, 3.63) is 140 Å². The number of fused-ring (bicyclic) bond motifs is 4. The molecular formula is C49H45Cl2FN6O5. The summed E-state index contributed by atoms with van der Waals surface area (Å²) in [5, 5.41) is 15.7. The van der Waals surface area contributed by atoms with Gasteiger partial charge in [-0.2, -0.15) is 0 Å². The largest absolute Gasteiger partial charge is 0.352 e. The van der Waals surface area contributed by atoms with Crippen LogP contribution in [0.3, 0.4) is 0 Å². The number of nitrogens with one attached hydrogen (secondary N) is 5. The number of nitrogens with zero attached hydrogens (tertiary/aromatic N) is 1. The first-order chi connectivity index (χ1) is 30.4. The van der Waals surface area contributed by atoms with E-state index in [4.69, 9.17) is 23.2 Å². The average molecular weight is 888 g/mol. The maximum Gasteiger partial charge on any atom is 0.255 e. The van der Waals surface area contributed by atoms with Gasteiger partial charge in [-0.3, -0.25) is 29.3 Å². The summed E-state index contributed by atoms with van der Waals surface area (Å²) in [6.45, 7) is 4.56. The molecule has 0 bridgehead atoms. The Kier molecular flexibility index (Phi) is 11.4. The number of unbranched alkanes of at least 4 members (excludes halogenated alkanes) is 1. The Morgan fingerprint density at radius 3 is 2.52 bits per heavy atom. The lowest BCUT2D eigenvalue weighted by molar-refractivity contribution is -0.126. The van der Waals surface area contributed by atoms with Gasteiger partial charge in [0.15, 0.2) is 0 Å². The zero-order valence-electron chi connectivity index (χ0n) is 34.3. The van der Waals surface area contributed by atoms with Crippen molar-refractivity contribution in [3.8, 4) is 11.8 Å². The fraction of sp³-hybridized carbons (Fsp3) is 0.327. The SMILES string of the molecule is C=C1CCC(N2Cc3cc(C#CCCCNC(=O)c4ccc(NC(=O)[C@@H]5NC6(CCCCC6)[C@@]6(C(=O)Nc7cc(Cl)ccc76)[C@H]5c5cccc(Cl)c5F)cc4)ccc3C2=O)C(=O)N1. The quantitative estimate of drug-likeness (QED) is 0.0904. The van der Waals surface area contributed by atoms with E-state index in [0.717, 1.165) is 30.4 Å². The van der Waals surface area contributed by atoms with Gasteiger partial charge in [0.2, 0.25) is 17.7 Å². The third-order valence-corrected chi connectivity index (χ3v) is 13.9. The van der Waals surface area contributed by atoms with E-state index in [0.29, 0.717) is 90.4 Å². The lowest BCUT2D eigenvalue weighted by atomic mass is 9.55. The Labute approximate surface area is 374 Å². The van der Waals surface area contributed by atoms with Gasteiger partial charge in [-0.15, -0.1) is 0 Å². The Morgan fingerprint density at radius 1 is 0.952 bits per heavy atom. The first-order valence-electron chi connectivity index (χ1n) is 21.3. The summed E-state index contributed by atoms with van der Waals surface area (Å²) < 4.78 is 16.2. The molecule has 5 aliphatic rings. The number of amides is 5. The summed E-state index contributed by atoms with van der Waals surface area (Å²) in [7, 11) is 0. The highest BCUT2D eigenvalue weighted by Gasteiger charge is 2.72. The van der Waals surface area contributed by atoms with E-state index >= 15 is 4.39 Å². The van der Waals surface area contributed by atoms with Gasteiger partial charge in [-0.1, -0.05) is 79.1 Å². The van der Waals surface area contributed by atoms with E-state index in [-0.39, 0.29) is 34.2 Å². The summed E-state index contributed by atoms with van der Waals surface area (Å²) in [6.07, 6.45) is 6.12. The number of benzene rings is 4.